The van der Waals surface area contributed by atoms with Crippen LogP contribution in [0.4, 0.5) is 21.6 Å². The van der Waals surface area contributed by atoms with Gasteiger partial charge in [-0.1, -0.05) is 11.6 Å². The molecule has 1 aliphatic heterocycles. The minimum absolute atomic E-state index is 0.0474. The Labute approximate surface area is 195 Å². The summed E-state index contributed by atoms with van der Waals surface area (Å²) in [7, 11) is 0. The SMILES string of the molecule is O=C(Nc1ccc(F)cc1C(=O)Nc1ccc(Cl)cn1)c1ccc(N2CCCNCC2)cn1. The average Bonchev–Trinajstić information content (AvgIpc) is 3.11. The Morgan fingerprint density at radius 2 is 1.85 bits per heavy atom. The Balaban J connectivity index is 1.48. The van der Waals surface area contributed by atoms with Gasteiger partial charge in [-0.3, -0.25) is 9.59 Å². The molecule has 2 amide bonds. The quantitative estimate of drug-likeness (QED) is 0.529. The van der Waals surface area contributed by atoms with Crippen molar-refractivity contribution >= 4 is 40.6 Å². The number of pyridine rings is 2. The van der Waals surface area contributed by atoms with Gasteiger partial charge >= 0.3 is 0 Å². The molecule has 1 saturated heterocycles. The monoisotopic (exact) mass is 468 g/mol. The van der Waals surface area contributed by atoms with Crippen molar-refractivity contribution in [3.05, 3.63) is 77.0 Å². The summed E-state index contributed by atoms with van der Waals surface area (Å²) in [6, 6.07) is 10.1. The molecular weight excluding hydrogens is 447 g/mol. The Morgan fingerprint density at radius 1 is 0.970 bits per heavy atom. The summed E-state index contributed by atoms with van der Waals surface area (Å²) < 4.78 is 13.9. The first kappa shape index (κ1) is 22.6. The molecule has 8 nitrogen and oxygen atoms in total. The van der Waals surface area contributed by atoms with E-state index >= 15 is 0 Å². The predicted octanol–water partition coefficient (Wildman–Crippen LogP) is 3.57. The molecule has 0 unspecified atom stereocenters. The van der Waals surface area contributed by atoms with E-state index in [4.69, 9.17) is 11.6 Å². The molecule has 0 spiro atoms. The van der Waals surface area contributed by atoms with Crippen molar-refractivity contribution in [2.45, 2.75) is 6.42 Å². The molecule has 1 fully saturated rings. The Hall–Kier alpha value is -3.56. The standard InChI is InChI=1S/C23H22ClFN6O2/c24-15-2-7-21(28-13-15)30-22(32)18-12-16(25)3-5-19(18)29-23(33)20-6-4-17(14-27-20)31-10-1-8-26-9-11-31/h2-7,12-14,26H,1,8-11H2,(H,29,33)(H,28,30,32). The van der Waals surface area contributed by atoms with Gasteiger partial charge in [0, 0.05) is 25.8 Å². The number of nitrogens with zero attached hydrogens (tertiary/aromatic N) is 3. The molecule has 3 aromatic rings. The number of anilines is 3. The maximum atomic E-state index is 13.9. The second kappa shape index (κ2) is 10.4. The lowest BCUT2D eigenvalue weighted by molar-refractivity contribution is 0.102. The van der Waals surface area contributed by atoms with Crippen LogP contribution in [0.15, 0.2) is 54.9 Å². The number of amides is 2. The lowest BCUT2D eigenvalue weighted by Gasteiger charge is -2.21. The maximum Gasteiger partial charge on any atom is 0.274 e. The summed E-state index contributed by atoms with van der Waals surface area (Å²) in [4.78, 5) is 36.0. The van der Waals surface area contributed by atoms with Gasteiger partial charge in [0.15, 0.2) is 0 Å². The van der Waals surface area contributed by atoms with Crippen molar-refractivity contribution in [2.24, 2.45) is 0 Å². The second-order valence-corrected chi connectivity index (χ2v) is 7.89. The van der Waals surface area contributed by atoms with Crippen LogP contribution in [-0.2, 0) is 0 Å². The normalized spacial score (nSPS) is 13.8. The minimum Gasteiger partial charge on any atom is -0.369 e. The van der Waals surface area contributed by atoms with E-state index in [1.165, 1.54) is 18.3 Å². The van der Waals surface area contributed by atoms with E-state index in [0.717, 1.165) is 50.4 Å². The van der Waals surface area contributed by atoms with Crippen molar-refractivity contribution < 1.29 is 14.0 Å². The van der Waals surface area contributed by atoms with E-state index in [0.29, 0.717) is 5.02 Å². The zero-order chi connectivity index (χ0) is 23.2. The molecule has 4 rings (SSSR count). The van der Waals surface area contributed by atoms with Gasteiger partial charge in [0.1, 0.15) is 17.3 Å². The van der Waals surface area contributed by atoms with Crippen molar-refractivity contribution in [2.75, 3.05) is 41.7 Å². The lowest BCUT2D eigenvalue weighted by Crippen LogP contribution is -2.28. The highest BCUT2D eigenvalue weighted by Crippen LogP contribution is 2.21. The van der Waals surface area contributed by atoms with Gasteiger partial charge in [0.2, 0.25) is 0 Å². The fourth-order valence-electron chi connectivity index (χ4n) is 3.44. The number of carbonyl (C=O) groups is 2. The number of hydrogen-bond donors (Lipinski definition) is 3. The number of hydrogen-bond acceptors (Lipinski definition) is 6. The van der Waals surface area contributed by atoms with Crippen molar-refractivity contribution in [1.29, 1.82) is 0 Å². The molecule has 2 aromatic heterocycles. The minimum atomic E-state index is -0.627. The average molecular weight is 469 g/mol. The molecule has 0 atom stereocenters. The van der Waals surface area contributed by atoms with Crippen LogP contribution >= 0.6 is 11.6 Å². The first-order valence-corrected chi connectivity index (χ1v) is 10.8. The fraction of sp³-hybridized carbons (Fsp3) is 0.217. The van der Waals surface area contributed by atoms with Crippen LogP contribution in [0.2, 0.25) is 5.02 Å². The van der Waals surface area contributed by atoms with E-state index < -0.39 is 17.6 Å². The highest BCUT2D eigenvalue weighted by Gasteiger charge is 2.18. The molecular formula is C23H22ClFN6O2. The van der Waals surface area contributed by atoms with Crippen molar-refractivity contribution in [1.82, 2.24) is 15.3 Å². The highest BCUT2D eigenvalue weighted by atomic mass is 35.5. The molecule has 0 saturated carbocycles. The summed E-state index contributed by atoms with van der Waals surface area (Å²) in [6.07, 6.45) is 4.07. The molecule has 170 valence electrons. The molecule has 0 bridgehead atoms. The van der Waals surface area contributed by atoms with Crippen molar-refractivity contribution in [3.8, 4) is 0 Å². The number of halogens is 2. The Bertz CT molecular complexity index is 1130. The smallest absolute Gasteiger partial charge is 0.274 e. The van der Waals surface area contributed by atoms with Crippen LogP contribution in [0, 0.1) is 5.82 Å². The molecule has 0 radical (unpaired) electrons. The zero-order valence-electron chi connectivity index (χ0n) is 17.6. The highest BCUT2D eigenvalue weighted by molar-refractivity contribution is 6.30. The topological polar surface area (TPSA) is 99.2 Å². The Morgan fingerprint density at radius 3 is 2.61 bits per heavy atom. The van der Waals surface area contributed by atoms with E-state index in [-0.39, 0.29) is 22.8 Å². The molecule has 33 heavy (non-hydrogen) atoms. The summed E-state index contributed by atoms with van der Waals surface area (Å²) >= 11 is 5.80. The third-order valence-electron chi connectivity index (χ3n) is 5.13. The van der Waals surface area contributed by atoms with Crippen LogP contribution in [0.25, 0.3) is 0 Å². The first-order valence-electron chi connectivity index (χ1n) is 10.4. The van der Waals surface area contributed by atoms with E-state index in [1.54, 1.807) is 18.3 Å². The van der Waals surface area contributed by atoms with Crippen LogP contribution in [0.1, 0.15) is 27.3 Å². The van der Waals surface area contributed by atoms with Gasteiger partial charge in [0.25, 0.3) is 11.8 Å². The summed E-state index contributed by atoms with van der Waals surface area (Å²) in [5.41, 5.74) is 1.22. The summed E-state index contributed by atoms with van der Waals surface area (Å²) in [5.74, 6) is -1.51. The molecule has 0 aliphatic carbocycles. The number of carbonyl (C=O) groups excluding carboxylic acids is 2. The fourth-order valence-corrected chi connectivity index (χ4v) is 3.56. The van der Waals surface area contributed by atoms with Crippen molar-refractivity contribution in [3.63, 3.8) is 0 Å². The van der Waals surface area contributed by atoms with Crippen LogP contribution in [0.5, 0.6) is 0 Å². The van der Waals surface area contributed by atoms with E-state index in [9.17, 15) is 14.0 Å². The molecule has 10 heteroatoms. The number of rotatable bonds is 5. The van der Waals surface area contributed by atoms with Gasteiger partial charge in [-0.05, 0) is 55.4 Å². The van der Waals surface area contributed by atoms with Gasteiger partial charge in [-0.15, -0.1) is 0 Å². The summed E-state index contributed by atoms with van der Waals surface area (Å²) in [5, 5.41) is 8.97. The second-order valence-electron chi connectivity index (χ2n) is 7.45. The summed E-state index contributed by atoms with van der Waals surface area (Å²) in [6.45, 7) is 3.65. The molecule has 3 N–H and O–H groups in total. The third-order valence-corrected chi connectivity index (χ3v) is 5.35. The molecule has 1 aromatic carbocycles. The van der Waals surface area contributed by atoms with Gasteiger partial charge in [0.05, 0.1) is 28.2 Å². The number of benzene rings is 1. The number of aromatic nitrogens is 2. The van der Waals surface area contributed by atoms with Crippen LogP contribution in [0.3, 0.4) is 0 Å². The third kappa shape index (κ3) is 5.82. The molecule has 3 heterocycles. The predicted molar refractivity (Wildman–Crippen MR) is 125 cm³/mol. The maximum absolute atomic E-state index is 13.9. The van der Waals surface area contributed by atoms with Gasteiger partial charge in [-0.25, -0.2) is 14.4 Å². The Kier molecular flexibility index (Phi) is 7.11. The molecule has 1 aliphatic rings. The lowest BCUT2D eigenvalue weighted by atomic mass is 10.1. The zero-order valence-corrected chi connectivity index (χ0v) is 18.4. The van der Waals surface area contributed by atoms with E-state index in [2.05, 4.69) is 30.8 Å². The van der Waals surface area contributed by atoms with E-state index in [1.807, 2.05) is 6.07 Å². The number of nitrogens with one attached hydrogen (secondary N) is 3. The van der Waals surface area contributed by atoms with Crippen LogP contribution < -0.4 is 20.9 Å². The van der Waals surface area contributed by atoms with Gasteiger partial charge < -0.3 is 20.9 Å². The largest absolute Gasteiger partial charge is 0.369 e. The van der Waals surface area contributed by atoms with Crippen LogP contribution in [-0.4, -0.2) is 48.0 Å². The van der Waals surface area contributed by atoms with Gasteiger partial charge in [-0.2, -0.15) is 0 Å². The first-order chi connectivity index (χ1) is 16.0.